The van der Waals surface area contributed by atoms with E-state index in [2.05, 4.69) is 15.9 Å². The van der Waals surface area contributed by atoms with Crippen LogP contribution in [0, 0.1) is 10.1 Å². The fourth-order valence-corrected chi connectivity index (χ4v) is 1.22. The van der Waals surface area contributed by atoms with Gasteiger partial charge in [-0.15, -0.1) is 0 Å². The Morgan fingerprint density at radius 3 is 2.67 bits per heavy atom. The van der Waals surface area contributed by atoms with Gasteiger partial charge in [-0.3, -0.25) is 20.8 Å². The van der Waals surface area contributed by atoms with Crippen LogP contribution in [0.1, 0.15) is 0 Å². The third-order valence-corrected chi connectivity index (χ3v) is 1.96. The van der Waals surface area contributed by atoms with Crippen molar-refractivity contribution in [2.75, 3.05) is 5.48 Å². The maximum Gasteiger partial charge on any atom is 0.295 e. The van der Waals surface area contributed by atoms with Gasteiger partial charge in [0, 0.05) is 6.07 Å². The number of nitrogens with zero attached hydrogens (tertiary/aromatic N) is 1. The highest BCUT2D eigenvalue weighted by molar-refractivity contribution is 9.10. The first-order valence-corrected chi connectivity index (χ1v) is 3.79. The van der Waals surface area contributed by atoms with E-state index in [0.29, 0.717) is 4.47 Å². The smallest absolute Gasteiger partial charge is 0.291 e. The Labute approximate surface area is 76.3 Å². The first-order valence-electron chi connectivity index (χ1n) is 3.00. The predicted octanol–water partition coefficient (Wildman–Crippen LogP) is 2.16. The summed E-state index contributed by atoms with van der Waals surface area (Å²) in [7, 11) is 0. The molecule has 64 valence electrons. The van der Waals surface area contributed by atoms with Crippen LogP contribution < -0.4 is 5.48 Å². The van der Waals surface area contributed by atoms with E-state index < -0.39 is 4.92 Å². The molecule has 0 amide bonds. The standard InChI is InChI=1S/C6H5BrN2O3/c7-4-2-1-3-5(9(11)12)6(4)8-10/h1-3,8,10H. The van der Waals surface area contributed by atoms with E-state index in [-0.39, 0.29) is 11.4 Å². The van der Waals surface area contributed by atoms with Crippen molar-refractivity contribution in [2.24, 2.45) is 0 Å². The number of hydrogen-bond acceptors (Lipinski definition) is 4. The van der Waals surface area contributed by atoms with Crippen LogP contribution in [0.4, 0.5) is 11.4 Å². The molecule has 0 spiro atoms. The largest absolute Gasteiger partial charge is 0.295 e. The molecule has 0 saturated heterocycles. The number of benzene rings is 1. The van der Waals surface area contributed by atoms with Crippen molar-refractivity contribution in [3.8, 4) is 0 Å². The average Bonchev–Trinajstić information content (AvgIpc) is 2.03. The van der Waals surface area contributed by atoms with Crippen LogP contribution in [0.2, 0.25) is 0 Å². The highest BCUT2D eigenvalue weighted by Gasteiger charge is 2.14. The fourth-order valence-electron chi connectivity index (χ4n) is 0.776. The summed E-state index contributed by atoms with van der Waals surface area (Å²) in [5.74, 6) is 0. The summed E-state index contributed by atoms with van der Waals surface area (Å²) >= 11 is 3.05. The molecule has 5 nitrogen and oxygen atoms in total. The topological polar surface area (TPSA) is 75.4 Å². The first-order chi connectivity index (χ1) is 5.66. The molecule has 0 aliphatic rings. The minimum Gasteiger partial charge on any atom is -0.291 e. The molecular formula is C6H5BrN2O3. The number of nitro benzene ring substituents is 1. The van der Waals surface area contributed by atoms with Crippen molar-refractivity contribution >= 4 is 27.3 Å². The van der Waals surface area contributed by atoms with E-state index in [1.54, 1.807) is 11.5 Å². The molecule has 2 N–H and O–H groups in total. The van der Waals surface area contributed by atoms with Crippen molar-refractivity contribution in [1.82, 2.24) is 0 Å². The molecule has 0 atom stereocenters. The zero-order chi connectivity index (χ0) is 9.14. The second-order valence-electron chi connectivity index (χ2n) is 2.00. The summed E-state index contributed by atoms with van der Waals surface area (Å²) in [6.07, 6.45) is 0. The number of para-hydroxylation sites is 1. The SMILES string of the molecule is O=[N+]([O-])c1cccc(Br)c1NO. The highest BCUT2D eigenvalue weighted by Crippen LogP contribution is 2.31. The molecule has 0 heterocycles. The molecule has 0 aliphatic carbocycles. The van der Waals surface area contributed by atoms with Gasteiger partial charge in [-0.25, -0.2) is 0 Å². The number of nitro groups is 1. The molecule has 1 aromatic rings. The average molecular weight is 233 g/mol. The highest BCUT2D eigenvalue weighted by atomic mass is 79.9. The summed E-state index contributed by atoms with van der Waals surface area (Å²) in [5, 5.41) is 18.9. The van der Waals surface area contributed by atoms with E-state index in [0.717, 1.165) is 0 Å². The maximum absolute atomic E-state index is 10.4. The van der Waals surface area contributed by atoms with Gasteiger partial charge < -0.3 is 0 Å². The van der Waals surface area contributed by atoms with Gasteiger partial charge >= 0.3 is 0 Å². The maximum atomic E-state index is 10.4. The van der Waals surface area contributed by atoms with E-state index in [9.17, 15) is 10.1 Å². The number of rotatable bonds is 2. The lowest BCUT2D eigenvalue weighted by Gasteiger charge is -2.01. The number of anilines is 1. The predicted molar refractivity (Wildman–Crippen MR) is 46.2 cm³/mol. The third kappa shape index (κ3) is 1.54. The molecule has 0 aromatic heterocycles. The van der Waals surface area contributed by atoms with Crippen LogP contribution in [0.5, 0.6) is 0 Å². The Morgan fingerprint density at radius 1 is 1.58 bits per heavy atom. The third-order valence-electron chi connectivity index (χ3n) is 1.30. The van der Waals surface area contributed by atoms with E-state index in [1.807, 2.05) is 0 Å². The molecule has 0 bridgehead atoms. The van der Waals surface area contributed by atoms with Crippen LogP contribution in [0.3, 0.4) is 0 Å². The van der Waals surface area contributed by atoms with Crippen LogP contribution in [0.15, 0.2) is 22.7 Å². The van der Waals surface area contributed by atoms with Crippen molar-refractivity contribution in [1.29, 1.82) is 0 Å². The number of halogens is 1. The lowest BCUT2D eigenvalue weighted by molar-refractivity contribution is -0.384. The van der Waals surface area contributed by atoms with Crippen LogP contribution in [-0.4, -0.2) is 10.1 Å². The molecule has 0 saturated carbocycles. The minimum atomic E-state index is -0.580. The van der Waals surface area contributed by atoms with Gasteiger partial charge in [-0.2, -0.15) is 0 Å². The van der Waals surface area contributed by atoms with Gasteiger partial charge in [0.25, 0.3) is 5.69 Å². The summed E-state index contributed by atoms with van der Waals surface area (Å²) in [6.45, 7) is 0. The Kier molecular flexibility index (Phi) is 2.61. The Balaban J connectivity index is 3.27. The zero-order valence-electron chi connectivity index (χ0n) is 5.82. The first kappa shape index (κ1) is 8.95. The zero-order valence-corrected chi connectivity index (χ0v) is 7.41. The van der Waals surface area contributed by atoms with Crippen molar-refractivity contribution in [3.63, 3.8) is 0 Å². The molecule has 0 radical (unpaired) electrons. The summed E-state index contributed by atoms with van der Waals surface area (Å²) in [5.41, 5.74) is 1.64. The van der Waals surface area contributed by atoms with Crippen LogP contribution >= 0.6 is 15.9 Å². The second kappa shape index (κ2) is 3.51. The van der Waals surface area contributed by atoms with Crippen LogP contribution in [0.25, 0.3) is 0 Å². The monoisotopic (exact) mass is 232 g/mol. The number of nitrogens with one attached hydrogen (secondary N) is 1. The van der Waals surface area contributed by atoms with Crippen LogP contribution in [-0.2, 0) is 0 Å². The lowest BCUT2D eigenvalue weighted by Crippen LogP contribution is -1.97. The molecule has 0 fully saturated rings. The minimum absolute atomic E-state index is 0.0579. The fraction of sp³-hybridized carbons (Fsp3) is 0. The normalized spacial score (nSPS) is 9.50. The van der Waals surface area contributed by atoms with Gasteiger partial charge in [0.15, 0.2) is 5.69 Å². The molecule has 12 heavy (non-hydrogen) atoms. The molecule has 6 heteroatoms. The quantitative estimate of drug-likeness (QED) is 0.606. The second-order valence-corrected chi connectivity index (χ2v) is 2.86. The molecule has 1 rings (SSSR count). The molecular weight excluding hydrogens is 228 g/mol. The van der Waals surface area contributed by atoms with E-state index >= 15 is 0 Å². The summed E-state index contributed by atoms with van der Waals surface area (Å²) < 4.78 is 0.444. The van der Waals surface area contributed by atoms with Gasteiger partial charge in [0.05, 0.1) is 9.40 Å². The van der Waals surface area contributed by atoms with Crippen molar-refractivity contribution in [2.45, 2.75) is 0 Å². The number of hydrogen-bond donors (Lipinski definition) is 2. The van der Waals surface area contributed by atoms with E-state index in [1.165, 1.54) is 12.1 Å². The Bertz CT molecular complexity index is 316. The lowest BCUT2D eigenvalue weighted by atomic mass is 10.3. The van der Waals surface area contributed by atoms with Gasteiger partial charge in [-0.1, -0.05) is 6.07 Å². The Hall–Kier alpha value is -1.14. The molecule has 0 aliphatic heterocycles. The van der Waals surface area contributed by atoms with Gasteiger partial charge in [-0.05, 0) is 22.0 Å². The Morgan fingerprint density at radius 2 is 2.25 bits per heavy atom. The molecule has 0 unspecified atom stereocenters. The van der Waals surface area contributed by atoms with Gasteiger partial charge in [0.1, 0.15) is 0 Å². The van der Waals surface area contributed by atoms with E-state index in [4.69, 9.17) is 5.21 Å². The van der Waals surface area contributed by atoms with Gasteiger partial charge in [0.2, 0.25) is 0 Å². The molecule has 1 aromatic carbocycles. The summed E-state index contributed by atoms with van der Waals surface area (Å²) in [6, 6.07) is 4.40. The summed E-state index contributed by atoms with van der Waals surface area (Å²) in [4.78, 5) is 9.79. The van der Waals surface area contributed by atoms with Crippen molar-refractivity contribution < 1.29 is 10.1 Å². The van der Waals surface area contributed by atoms with Crippen molar-refractivity contribution in [3.05, 3.63) is 32.8 Å².